The van der Waals surface area contributed by atoms with Gasteiger partial charge in [-0.1, -0.05) is 18.2 Å². The maximum Gasteiger partial charge on any atom is 0.449 e. The number of rotatable bonds is 6. The van der Waals surface area contributed by atoms with Gasteiger partial charge in [-0.05, 0) is 90.3 Å². The fourth-order valence-electron chi connectivity index (χ4n) is 5.08. The Balaban J connectivity index is 1.12. The van der Waals surface area contributed by atoms with Crippen LogP contribution in [0.5, 0.6) is 0 Å². The second-order valence-corrected chi connectivity index (χ2v) is 10.5. The standard InChI is InChI=1S/C33H28F3N5O3/c1-20-2-9-24(37-31(43)23-7-11-26(12-8-23)41-14-16-44-17-15-41)18-27(20)21-3-5-22(6-4-21)30(42)38-25-10-13-28-29(19-25)40-32(39-28)33(34,35)36/h2-13,18-19H,14-17H2,1H3,(H,37,43)(H,38,42)(H,39,40). The highest BCUT2D eigenvalue weighted by molar-refractivity contribution is 6.06. The number of hydrogen-bond donors (Lipinski definition) is 3. The third-order valence-electron chi connectivity index (χ3n) is 7.47. The molecule has 11 heteroatoms. The van der Waals surface area contributed by atoms with Crippen molar-refractivity contribution in [2.24, 2.45) is 0 Å². The fourth-order valence-corrected chi connectivity index (χ4v) is 5.08. The lowest BCUT2D eigenvalue weighted by Crippen LogP contribution is -2.36. The van der Waals surface area contributed by atoms with E-state index >= 15 is 0 Å². The van der Waals surface area contributed by atoms with Crippen molar-refractivity contribution in [2.75, 3.05) is 41.8 Å². The number of anilines is 3. The highest BCUT2D eigenvalue weighted by Gasteiger charge is 2.34. The Morgan fingerprint density at radius 3 is 2.05 bits per heavy atom. The zero-order valence-electron chi connectivity index (χ0n) is 23.7. The highest BCUT2D eigenvalue weighted by Crippen LogP contribution is 2.30. The third-order valence-corrected chi connectivity index (χ3v) is 7.47. The number of fused-ring (bicyclic) bond motifs is 1. The topological polar surface area (TPSA) is 99.4 Å². The number of carbonyl (C=O) groups is 2. The number of nitrogens with zero attached hydrogens (tertiary/aromatic N) is 2. The molecule has 0 saturated carbocycles. The largest absolute Gasteiger partial charge is 0.449 e. The SMILES string of the molecule is Cc1ccc(NC(=O)c2ccc(N3CCOCC3)cc2)cc1-c1ccc(C(=O)Nc2ccc3[nH]c(C(F)(F)F)nc3c2)cc1. The molecule has 0 aliphatic carbocycles. The molecule has 1 aliphatic rings. The molecule has 44 heavy (non-hydrogen) atoms. The first-order valence-electron chi connectivity index (χ1n) is 14.0. The van der Waals surface area contributed by atoms with E-state index in [0.717, 1.165) is 35.5 Å². The van der Waals surface area contributed by atoms with Crippen LogP contribution in [0.3, 0.4) is 0 Å². The van der Waals surface area contributed by atoms with Gasteiger partial charge in [0.05, 0.1) is 24.2 Å². The summed E-state index contributed by atoms with van der Waals surface area (Å²) in [4.78, 5) is 33.9. The molecule has 1 saturated heterocycles. The molecule has 0 bridgehead atoms. The van der Waals surface area contributed by atoms with Crippen molar-refractivity contribution in [1.29, 1.82) is 0 Å². The second kappa shape index (κ2) is 11.8. The van der Waals surface area contributed by atoms with Crippen LogP contribution in [0.25, 0.3) is 22.2 Å². The van der Waals surface area contributed by atoms with Gasteiger partial charge in [-0.2, -0.15) is 13.2 Å². The Morgan fingerprint density at radius 2 is 1.41 bits per heavy atom. The van der Waals surface area contributed by atoms with Crippen LogP contribution < -0.4 is 15.5 Å². The molecule has 8 nitrogen and oxygen atoms in total. The Labute approximate surface area is 250 Å². The zero-order valence-corrected chi connectivity index (χ0v) is 23.7. The van der Waals surface area contributed by atoms with E-state index in [4.69, 9.17) is 4.74 Å². The molecule has 6 rings (SSSR count). The van der Waals surface area contributed by atoms with E-state index in [2.05, 4.69) is 25.5 Å². The van der Waals surface area contributed by atoms with Gasteiger partial charge >= 0.3 is 6.18 Å². The summed E-state index contributed by atoms with van der Waals surface area (Å²) < 4.78 is 44.3. The molecule has 4 aromatic carbocycles. The molecule has 3 N–H and O–H groups in total. The molecule has 2 heterocycles. The molecular weight excluding hydrogens is 571 g/mol. The number of aromatic amines is 1. The maximum absolute atomic E-state index is 13.0. The third kappa shape index (κ3) is 6.28. The van der Waals surface area contributed by atoms with Crippen LogP contribution in [0.1, 0.15) is 32.1 Å². The van der Waals surface area contributed by atoms with Gasteiger partial charge in [0.2, 0.25) is 5.82 Å². The van der Waals surface area contributed by atoms with Crippen molar-refractivity contribution in [2.45, 2.75) is 13.1 Å². The van der Waals surface area contributed by atoms with Gasteiger partial charge in [0, 0.05) is 41.3 Å². The van der Waals surface area contributed by atoms with Crippen molar-refractivity contribution in [3.05, 3.63) is 107 Å². The van der Waals surface area contributed by atoms with Crippen LogP contribution >= 0.6 is 0 Å². The Morgan fingerprint density at radius 1 is 0.818 bits per heavy atom. The predicted octanol–water partition coefficient (Wildman–Crippen LogP) is 6.90. The number of carbonyl (C=O) groups excluding carboxylic acids is 2. The number of ether oxygens (including phenoxy) is 1. The van der Waals surface area contributed by atoms with E-state index < -0.39 is 17.9 Å². The van der Waals surface area contributed by atoms with E-state index in [0.29, 0.717) is 35.7 Å². The first-order valence-corrected chi connectivity index (χ1v) is 14.0. The normalized spacial score (nSPS) is 13.6. The number of H-pyrrole nitrogens is 1. The smallest absolute Gasteiger partial charge is 0.378 e. The van der Waals surface area contributed by atoms with Crippen LogP contribution in [0.2, 0.25) is 0 Å². The number of alkyl halides is 3. The van der Waals surface area contributed by atoms with Crippen molar-refractivity contribution >= 4 is 39.9 Å². The summed E-state index contributed by atoms with van der Waals surface area (Å²) in [5, 5.41) is 5.67. The van der Waals surface area contributed by atoms with Crippen LogP contribution in [-0.2, 0) is 10.9 Å². The van der Waals surface area contributed by atoms with Gasteiger partial charge in [-0.15, -0.1) is 0 Å². The van der Waals surface area contributed by atoms with Gasteiger partial charge in [-0.3, -0.25) is 9.59 Å². The first kappa shape index (κ1) is 28.9. The second-order valence-electron chi connectivity index (χ2n) is 10.5. The summed E-state index contributed by atoms with van der Waals surface area (Å²) in [5.41, 5.74) is 5.97. The average Bonchev–Trinajstić information content (AvgIpc) is 3.47. The summed E-state index contributed by atoms with van der Waals surface area (Å²) >= 11 is 0. The minimum absolute atomic E-state index is 0.0953. The summed E-state index contributed by atoms with van der Waals surface area (Å²) in [5.74, 6) is -1.73. The maximum atomic E-state index is 13.0. The van der Waals surface area contributed by atoms with Gasteiger partial charge < -0.3 is 25.3 Å². The lowest BCUT2D eigenvalue weighted by atomic mass is 9.98. The molecule has 5 aromatic rings. The van der Waals surface area contributed by atoms with Crippen molar-refractivity contribution in [3.8, 4) is 11.1 Å². The highest BCUT2D eigenvalue weighted by atomic mass is 19.4. The number of imidazole rings is 1. The molecule has 0 atom stereocenters. The molecule has 2 amide bonds. The molecule has 0 radical (unpaired) electrons. The van der Waals surface area contributed by atoms with Crippen molar-refractivity contribution in [1.82, 2.24) is 9.97 Å². The fraction of sp³-hybridized carbons (Fsp3) is 0.182. The van der Waals surface area contributed by atoms with Crippen molar-refractivity contribution in [3.63, 3.8) is 0 Å². The number of nitrogens with one attached hydrogen (secondary N) is 3. The molecule has 1 fully saturated rings. The number of benzene rings is 4. The van der Waals surface area contributed by atoms with Gasteiger partial charge in [-0.25, -0.2) is 4.98 Å². The minimum Gasteiger partial charge on any atom is -0.378 e. The van der Waals surface area contributed by atoms with E-state index in [9.17, 15) is 22.8 Å². The molecule has 0 spiro atoms. The predicted molar refractivity (Wildman–Crippen MR) is 163 cm³/mol. The number of aryl methyl sites for hydroxylation is 1. The number of halogens is 3. The lowest BCUT2D eigenvalue weighted by Gasteiger charge is -2.28. The first-order chi connectivity index (χ1) is 21.1. The molecular formula is C33H28F3N5O3. The lowest BCUT2D eigenvalue weighted by molar-refractivity contribution is -0.144. The van der Waals surface area contributed by atoms with Gasteiger partial charge in [0.1, 0.15) is 0 Å². The molecule has 1 aliphatic heterocycles. The Hall–Kier alpha value is -5.16. The summed E-state index contributed by atoms with van der Waals surface area (Å²) in [6.07, 6.45) is -4.59. The van der Waals surface area contributed by atoms with Gasteiger partial charge in [0.15, 0.2) is 0 Å². The van der Waals surface area contributed by atoms with E-state index in [-0.39, 0.29) is 16.9 Å². The number of amides is 2. The molecule has 1 aromatic heterocycles. The van der Waals surface area contributed by atoms with Crippen LogP contribution in [0, 0.1) is 6.92 Å². The Bertz CT molecular complexity index is 1830. The van der Waals surface area contributed by atoms with Crippen LogP contribution in [0.15, 0.2) is 84.9 Å². The summed E-state index contributed by atoms with van der Waals surface area (Å²) in [7, 11) is 0. The number of aromatic nitrogens is 2. The zero-order chi connectivity index (χ0) is 30.8. The molecule has 0 unspecified atom stereocenters. The van der Waals surface area contributed by atoms with E-state index in [1.165, 1.54) is 18.2 Å². The summed E-state index contributed by atoms with van der Waals surface area (Å²) in [6, 6.07) is 24.4. The van der Waals surface area contributed by atoms with E-state index in [1.807, 2.05) is 49.4 Å². The molecule has 224 valence electrons. The van der Waals surface area contributed by atoms with Crippen molar-refractivity contribution < 1.29 is 27.5 Å². The average molecular weight is 600 g/mol. The van der Waals surface area contributed by atoms with Gasteiger partial charge in [0.25, 0.3) is 11.8 Å². The van der Waals surface area contributed by atoms with Crippen LogP contribution in [0.4, 0.5) is 30.2 Å². The monoisotopic (exact) mass is 599 g/mol. The quantitative estimate of drug-likeness (QED) is 0.197. The summed E-state index contributed by atoms with van der Waals surface area (Å²) in [6.45, 7) is 4.98. The minimum atomic E-state index is -4.59. The van der Waals surface area contributed by atoms with E-state index in [1.54, 1.807) is 24.3 Å². The Kier molecular flexibility index (Phi) is 7.79. The number of hydrogen-bond acceptors (Lipinski definition) is 5. The number of morpholine rings is 1. The van der Waals surface area contributed by atoms with Crippen LogP contribution in [-0.4, -0.2) is 48.1 Å².